The first-order valence-corrected chi connectivity index (χ1v) is 7.03. The van der Waals surface area contributed by atoms with E-state index in [2.05, 4.69) is 50.4 Å². The van der Waals surface area contributed by atoms with Gasteiger partial charge in [0.15, 0.2) is 0 Å². The monoisotopic (exact) mass is 265 g/mol. The fraction of sp³-hybridized carbons (Fsp3) is 0.625. The molecule has 0 saturated heterocycles. The lowest BCUT2D eigenvalue weighted by atomic mass is 9.78. The van der Waals surface area contributed by atoms with Crippen molar-refractivity contribution in [2.24, 2.45) is 0 Å². The van der Waals surface area contributed by atoms with E-state index in [1.165, 1.54) is 5.56 Å². The van der Waals surface area contributed by atoms with E-state index in [4.69, 9.17) is 4.74 Å². The quantitative estimate of drug-likeness (QED) is 0.758. The molecule has 0 aromatic heterocycles. The van der Waals surface area contributed by atoms with Crippen LogP contribution in [0.4, 0.5) is 0 Å². The van der Waals surface area contributed by atoms with Gasteiger partial charge in [0.1, 0.15) is 0 Å². The number of nitrogens with one attached hydrogen (secondary N) is 1. The second-order valence-electron chi connectivity index (χ2n) is 5.53. The first-order valence-electron chi connectivity index (χ1n) is 7.03. The topological polar surface area (TPSA) is 41.5 Å². The van der Waals surface area contributed by atoms with Crippen molar-refractivity contribution in [1.82, 2.24) is 5.32 Å². The molecule has 3 nitrogen and oxygen atoms in total. The number of benzene rings is 1. The Morgan fingerprint density at radius 1 is 1.26 bits per heavy atom. The van der Waals surface area contributed by atoms with Crippen molar-refractivity contribution in [3.05, 3.63) is 35.9 Å². The molecule has 0 amide bonds. The molecule has 1 aromatic carbocycles. The number of rotatable bonds is 8. The standard InChI is InChI=1S/C16H27NO2/c1-5-19-12-15(18)11-17-13(2)16(3,4)14-9-7-6-8-10-14/h6-10,13,15,17-18H,5,11-12H2,1-4H3. The first kappa shape index (κ1) is 16.2. The molecule has 1 aromatic rings. The highest BCUT2D eigenvalue weighted by Crippen LogP contribution is 2.26. The summed E-state index contributed by atoms with van der Waals surface area (Å²) in [5, 5.41) is 13.2. The van der Waals surface area contributed by atoms with Crippen LogP contribution in [-0.2, 0) is 10.2 Å². The van der Waals surface area contributed by atoms with Crippen LogP contribution >= 0.6 is 0 Å². The van der Waals surface area contributed by atoms with E-state index in [0.29, 0.717) is 19.8 Å². The average Bonchev–Trinajstić information content (AvgIpc) is 2.43. The van der Waals surface area contributed by atoms with Crippen LogP contribution in [0.5, 0.6) is 0 Å². The van der Waals surface area contributed by atoms with Gasteiger partial charge >= 0.3 is 0 Å². The minimum atomic E-state index is -0.450. The largest absolute Gasteiger partial charge is 0.389 e. The van der Waals surface area contributed by atoms with Crippen LogP contribution in [0.1, 0.15) is 33.3 Å². The normalized spacial score (nSPS) is 15.2. The summed E-state index contributed by atoms with van der Waals surface area (Å²) in [4.78, 5) is 0. The maximum atomic E-state index is 9.78. The van der Waals surface area contributed by atoms with Crippen molar-refractivity contribution in [2.45, 2.75) is 45.3 Å². The van der Waals surface area contributed by atoms with E-state index in [-0.39, 0.29) is 11.5 Å². The maximum Gasteiger partial charge on any atom is 0.0897 e. The van der Waals surface area contributed by atoms with Gasteiger partial charge in [-0.2, -0.15) is 0 Å². The molecule has 108 valence electrons. The highest BCUT2D eigenvalue weighted by Gasteiger charge is 2.27. The number of aliphatic hydroxyl groups is 1. The summed E-state index contributed by atoms with van der Waals surface area (Å²) in [5.74, 6) is 0. The van der Waals surface area contributed by atoms with Crippen LogP contribution in [0.25, 0.3) is 0 Å². The van der Waals surface area contributed by atoms with Gasteiger partial charge in [-0.25, -0.2) is 0 Å². The van der Waals surface area contributed by atoms with Crippen molar-refractivity contribution in [3.8, 4) is 0 Å². The van der Waals surface area contributed by atoms with Crippen LogP contribution in [0.2, 0.25) is 0 Å². The highest BCUT2D eigenvalue weighted by molar-refractivity contribution is 5.25. The molecule has 0 aliphatic heterocycles. The predicted molar refractivity (Wildman–Crippen MR) is 79.4 cm³/mol. The molecular formula is C16H27NO2. The molecule has 0 aliphatic carbocycles. The summed E-state index contributed by atoms with van der Waals surface area (Å²) in [6, 6.07) is 10.7. The Labute approximate surface area is 117 Å². The zero-order chi connectivity index (χ0) is 14.3. The van der Waals surface area contributed by atoms with Crippen LogP contribution in [0.15, 0.2) is 30.3 Å². The fourth-order valence-electron chi connectivity index (χ4n) is 2.00. The molecule has 2 unspecified atom stereocenters. The molecule has 0 spiro atoms. The third-order valence-corrected chi connectivity index (χ3v) is 3.77. The van der Waals surface area contributed by atoms with Gasteiger partial charge in [0, 0.05) is 24.6 Å². The van der Waals surface area contributed by atoms with Gasteiger partial charge < -0.3 is 15.2 Å². The Morgan fingerprint density at radius 3 is 2.47 bits per heavy atom. The Hall–Kier alpha value is -0.900. The molecular weight excluding hydrogens is 238 g/mol. The zero-order valence-corrected chi connectivity index (χ0v) is 12.5. The van der Waals surface area contributed by atoms with Crippen LogP contribution < -0.4 is 5.32 Å². The van der Waals surface area contributed by atoms with E-state index in [1.54, 1.807) is 0 Å². The lowest BCUT2D eigenvalue weighted by molar-refractivity contribution is 0.0404. The second-order valence-corrected chi connectivity index (χ2v) is 5.53. The lowest BCUT2D eigenvalue weighted by Crippen LogP contribution is -2.46. The van der Waals surface area contributed by atoms with Gasteiger partial charge in [-0.3, -0.25) is 0 Å². The molecule has 0 saturated carbocycles. The highest BCUT2D eigenvalue weighted by atomic mass is 16.5. The third kappa shape index (κ3) is 4.94. The molecule has 2 N–H and O–H groups in total. The molecule has 0 aliphatic rings. The summed E-state index contributed by atoms with van der Waals surface area (Å²) in [5.41, 5.74) is 1.32. The predicted octanol–water partition coefficient (Wildman–Crippen LogP) is 2.34. The molecule has 2 atom stereocenters. The average molecular weight is 265 g/mol. The molecule has 0 bridgehead atoms. The number of aliphatic hydroxyl groups excluding tert-OH is 1. The Morgan fingerprint density at radius 2 is 1.89 bits per heavy atom. The van der Waals surface area contributed by atoms with Gasteiger partial charge in [0.25, 0.3) is 0 Å². The van der Waals surface area contributed by atoms with Crippen LogP contribution in [0.3, 0.4) is 0 Å². The summed E-state index contributed by atoms with van der Waals surface area (Å²) in [7, 11) is 0. The van der Waals surface area contributed by atoms with Crippen LogP contribution in [0, 0.1) is 0 Å². The Bertz CT molecular complexity index is 351. The molecule has 1 rings (SSSR count). The third-order valence-electron chi connectivity index (χ3n) is 3.77. The minimum absolute atomic E-state index is 0.0204. The summed E-state index contributed by atoms with van der Waals surface area (Å²) in [6.07, 6.45) is -0.450. The van der Waals surface area contributed by atoms with Crippen LogP contribution in [-0.4, -0.2) is 37.0 Å². The molecule has 0 fully saturated rings. The second kappa shape index (κ2) is 7.63. The van der Waals surface area contributed by atoms with Gasteiger partial charge in [-0.05, 0) is 19.4 Å². The van der Waals surface area contributed by atoms with Crippen molar-refractivity contribution >= 4 is 0 Å². The summed E-state index contributed by atoms with van der Waals surface area (Å²) in [6.45, 7) is 10.1. The molecule has 3 heteroatoms. The number of hydrogen-bond donors (Lipinski definition) is 2. The number of hydrogen-bond acceptors (Lipinski definition) is 3. The lowest BCUT2D eigenvalue weighted by Gasteiger charge is -2.33. The van der Waals surface area contributed by atoms with E-state index in [0.717, 1.165) is 0 Å². The van der Waals surface area contributed by atoms with E-state index in [1.807, 2.05) is 13.0 Å². The summed E-state index contributed by atoms with van der Waals surface area (Å²) >= 11 is 0. The SMILES string of the molecule is CCOCC(O)CNC(C)C(C)(C)c1ccccc1. The smallest absolute Gasteiger partial charge is 0.0897 e. The van der Waals surface area contributed by atoms with Crippen molar-refractivity contribution < 1.29 is 9.84 Å². The molecule has 19 heavy (non-hydrogen) atoms. The Balaban J connectivity index is 2.50. The number of ether oxygens (including phenoxy) is 1. The van der Waals surface area contributed by atoms with Gasteiger partial charge in [-0.1, -0.05) is 44.2 Å². The molecule has 0 heterocycles. The minimum Gasteiger partial charge on any atom is -0.389 e. The van der Waals surface area contributed by atoms with E-state index in [9.17, 15) is 5.11 Å². The van der Waals surface area contributed by atoms with Gasteiger partial charge in [-0.15, -0.1) is 0 Å². The zero-order valence-electron chi connectivity index (χ0n) is 12.5. The van der Waals surface area contributed by atoms with Crippen molar-refractivity contribution in [2.75, 3.05) is 19.8 Å². The maximum absolute atomic E-state index is 9.78. The van der Waals surface area contributed by atoms with E-state index >= 15 is 0 Å². The summed E-state index contributed by atoms with van der Waals surface area (Å²) < 4.78 is 5.21. The van der Waals surface area contributed by atoms with Gasteiger partial charge in [0.05, 0.1) is 12.7 Å². The van der Waals surface area contributed by atoms with Gasteiger partial charge in [0.2, 0.25) is 0 Å². The van der Waals surface area contributed by atoms with Crippen molar-refractivity contribution in [3.63, 3.8) is 0 Å². The first-order chi connectivity index (χ1) is 8.98. The fourth-order valence-corrected chi connectivity index (χ4v) is 2.00. The molecule has 0 radical (unpaired) electrons. The van der Waals surface area contributed by atoms with E-state index < -0.39 is 6.10 Å². The van der Waals surface area contributed by atoms with Crippen molar-refractivity contribution in [1.29, 1.82) is 0 Å². The Kier molecular flexibility index (Phi) is 6.49.